The summed E-state index contributed by atoms with van der Waals surface area (Å²) >= 11 is 0.948. The minimum Gasteiger partial charge on any atom is -0.496 e. The van der Waals surface area contributed by atoms with Gasteiger partial charge in [-0.05, 0) is 152 Å². The zero-order valence-electron chi connectivity index (χ0n) is 69.1. The summed E-state index contributed by atoms with van der Waals surface area (Å²) in [5.41, 5.74) is 19.6. The molecule has 12 aromatic carbocycles. The van der Waals surface area contributed by atoms with Gasteiger partial charge < -0.3 is 4.74 Å². The molecule has 0 unspecified atom stereocenters. The summed E-state index contributed by atoms with van der Waals surface area (Å²) in [7, 11) is 1.65. The van der Waals surface area contributed by atoms with E-state index in [2.05, 4.69) is 158 Å². The van der Waals surface area contributed by atoms with E-state index >= 15 is 0 Å². The maximum Gasteiger partial charge on any atom is 0.439 e. The zero-order chi connectivity index (χ0) is 88.8. The van der Waals surface area contributed by atoms with Crippen LogP contribution in [-0.4, -0.2) is 67.2 Å². The number of aromatic amines is 6. The molecule has 18 aromatic rings. The van der Waals surface area contributed by atoms with Crippen molar-refractivity contribution in [2.75, 3.05) is 7.11 Å². The van der Waals surface area contributed by atoms with Gasteiger partial charge in [-0.1, -0.05) is 335 Å². The van der Waals surface area contributed by atoms with Gasteiger partial charge in [0.25, 0.3) is 0 Å². The molecule has 0 atom stereocenters. The monoisotopic (exact) mass is 1790 g/mol. The van der Waals surface area contributed by atoms with E-state index in [0.29, 0.717) is 74.2 Å². The number of nitrogens with one attached hydrogen (secondary N) is 6. The quantitative estimate of drug-likeness (QED) is 0.0410. The summed E-state index contributed by atoms with van der Waals surface area (Å²) in [6, 6.07) is 80.6. The minimum atomic E-state index is -0.691. The van der Waals surface area contributed by atoms with Crippen molar-refractivity contribution in [2.45, 2.75) is 117 Å². The molecule has 6 heterocycles. The number of ether oxygens (including phenoxy) is 1. The maximum absolute atomic E-state index is 14.3. The summed E-state index contributed by atoms with van der Waals surface area (Å²) in [6.07, 6.45) is 4.67. The lowest BCUT2D eigenvalue weighted by molar-refractivity contribution is 0.388. The standard InChI is InChI=1S/C17H16N2O3.C16H12F2N2O2.2C16H13FN2O2.C16H14N2O2.C16H14N2OS.5CH4/c1-3-11-8-9-13(15(10-11)21-2)12-6-4-5-7-14(12)16-18-17(20)22-19-16;1-2-10-13(17)7-9(8-14(10)18)11-5-3-4-6-12(11)15-19-16(21)22-20-15;1-2-10-7-8-11(9-14(10)17)12-5-3-4-6-13(12)15-18-16(20)21-19-15;1-2-10-7-8-12(14(17)9-10)11-5-3-4-6-13(11)15-18-16(20)21-19-15;2*1-2-11-7-9-12(10-8-11)13-5-3-4-6-14(13)15-17-16(19)20-18-15;;;;;/h4-10H,3H2,1-2H3,(H,18,19,20);3-8H,2H2,1H3,(H,19,20,21);2*3-9H,2H2,1H3,(H,18,19,20);2*3-10H,2H2,1H3,(H,17,18,19);5*1H4. The summed E-state index contributed by atoms with van der Waals surface area (Å²) in [4.78, 5) is 82.2. The van der Waals surface area contributed by atoms with Gasteiger partial charge in [0, 0.05) is 61.6 Å². The van der Waals surface area contributed by atoms with Gasteiger partial charge in [-0.2, -0.15) is 4.37 Å². The predicted molar refractivity (Wildman–Crippen MR) is 510 cm³/mol. The minimum absolute atomic E-state index is 0. The molecule has 0 aliphatic carbocycles. The van der Waals surface area contributed by atoms with E-state index in [1.807, 2.05) is 135 Å². The van der Waals surface area contributed by atoms with Crippen molar-refractivity contribution in [1.29, 1.82) is 0 Å². The van der Waals surface area contributed by atoms with Gasteiger partial charge in [-0.3, -0.25) is 57.3 Å². The van der Waals surface area contributed by atoms with Crippen LogP contribution in [0.2, 0.25) is 0 Å². The van der Waals surface area contributed by atoms with Crippen LogP contribution in [0.5, 0.6) is 5.75 Å². The third-order valence-corrected chi connectivity index (χ3v) is 20.9. The van der Waals surface area contributed by atoms with Gasteiger partial charge in [0.1, 0.15) is 29.0 Å². The largest absolute Gasteiger partial charge is 0.496 e. The first kappa shape index (κ1) is 101. The second-order valence-corrected chi connectivity index (χ2v) is 28.8. The molecule has 29 heteroatoms. The number of benzene rings is 12. The molecule has 6 aromatic heterocycles. The first-order valence-corrected chi connectivity index (χ1v) is 40.9. The van der Waals surface area contributed by atoms with Gasteiger partial charge >= 0.3 is 33.7 Å². The van der Waals surface area contributed by atoms with Crippen LogP contribution in [0.1, 0.15) is 112 Å². The molecule has 6 N–H and O–H groups in total. The second-order valence-electron chi connectivity index (χ2n) is 28.0. The molecule has 0 aliphatic rings. The molecule has 18 rings (SSSR count). The van der Waals surface area contributed by atoms with Crippen LogP contribution in [0.15, 0.2) is 312 Å². The van der Waals surface area contributed by atoms with Crippen LogP contribution < -0.4 is 38.4 Å². The molecule has 131 heavy (non-hydrogen) atoms. The lowest BCUT2D eigenvalue weighted by Gasteiger charge is -2.13. The number of H-pyrrole nitrogens is 6. The highest BCUT2D eigenvalue weighted by Gasteiger charge is 2.21. The van der Waals surface area contributed by atoms with Crippen LogP contribution in [0, 0.1) is 23.3 Å². The van der Waals surface area contributed by atoms with Crippen molar-refractivity contribution >= 4 is 11.5 Å². The van der Waals surface area contributed by atoms with Crippen molar-refractivity contribution in [3.8, 4) is 141 Å². The fraction of sp³-hybridized carbons (Fsp3) is 0.176. The Hall–Kier alpha value is -15.8. The number of hydrogen-bond donors (Lipinski definition) is 6. The highest BCUT2D eigenvalue weighted by molar-refractivity contribution is 7.03. The Kier molecular flexibility index (Phi) is 36.6. The van der Waals surface area contributed by atoms with Crippen molar-refractivity contribution in [2.24, 2.45) is 0 Å². The van der Waals surface area contributed by atoms with Gasteiger partial charge in [-0.25, -0.2) is 41.5 Å². The number of methoxy groups -OCH3 is 1. The molecule has 0 fully saturated rings. The van der Waals surface area contributed by atoms with E-state index in [1.54, 1.807) is 74.7 Å². The normalized spacial score (nSPS) is 10.3. The van der Waals surface area contributed by atoms with E-state index in [0.717, 1.165) is 110 Å². The van der Waals surface area contributed by atoms with Crippen molar-refractivity contribution < 1.29 is 44.9 Å². The molecule has 0 aliphatic heterocycles. The van der Waals surface area contributed by atoms with E-state index in [4.69, 9.17) is 4.74 Å². The summed E-state index contributed by atoms with van der Waals surface area (Å²) in [5.74, 6) is -1.69. The molecule has 676 valence electrons. The maximum atomic E-state index is 14.3. The van der Waals surface area contributed by atoms with Crippen LogP contribution >= 0.6 is 11.5 Å². The van der Waals surface area contributed by atoms with E-state index < -0.39 is 40.4 Å². The van der Waals surface area contributed by atoms with Gasteiger partial charge in [0.05, 0.1) is 7.11 Å². The highest BCUT2D eigenvalue weighted by atomic mass is 32.1. The SMILES string of the molecule is C.C.C.C.C.CCc1c(F)cc(-c2ccccc2-c2noc(=O)[nH]2)cc1F.CCc1ccc(-c2ccccc2-c2noc(=O)[nH]2)c(F)c1.CCc1ccc(-c2ccccc2-c2noc(=O)[nH]2)c(OC)c1.CCc1ccc(-c2ccccc2-c2noc(=O)[nH]2)cc1.CCc1ccc(-c2ccccc2-c2noc(=O)[nH]2)cc1F.CCc1ccc(-c2ccccc2-c2nsc(=O)[nH]2)cc1. The number of hydrogen-bond acceptors (Lipinski definition) is 19. The summed E-state index contributed by atoms with van der Waals surface area (Å²) < 4.78 is 88.7. The van der Waals surface area contributed by atoms with Crippen LogP contribution in [-0.2, 0) is 38.5 Å². The summed E-state index contributed by atoms with van der Waals surface area (Å²) in [5, 5.41) is 18.5. The Bertz CT molecular complexity index is 6980. The molecule has 0 radical (unpaired) electrons. The van der Waals surface area contributed by atoms with Crippen LogP contribution in [0.4, 0.5) is 17.6 Å². The average molecular weight is 1800 g/mol. The van der Waals surface area contributed by atoms with Crippen molar-refractivity contribution in [3.63, 3.8) is 0 Å². The third-order valence-electron chi connectivity index (χ3n) is 20.3. The smallest absolute Gasteiger partial charge is 0.439 e. The Morgan fingerprint density at radius 1 is 0.275 bits per heavy atom. The van der Waals surface area contributed by atoms with Crippen LogP contribution in [0.3, 0.4) is 0 Å². The molecule has 0 spiro atoms. The fourth-order valence-electron chi connectivity index (χ4n) is 13.8. The number of aromatic nitrogens is 12. The lowest BCUT2D eigenvalue weighted by atomic mass is 9.97. The number of rotatable bonds is 19. The molecule has 0 saturated heterocycles. The molecular weight excluding hydrogens is 1690 g/mol. The Morgan fingerprint density at radius 2 is 0.573 bits per heavy atom. The van der Waals surface area contributed by atoms with Gasteiger partial charge in [-0.15, -0.1) is 0 Å². The lowest BCUT2D eigenvalue weighted by Crippen LogP contribution is -1.97. The van der Waals surface area contributed by atoms with E-state index in [-0.39, 0.29) is 77.3 Å². The summed E-state index contributed by atoms with van der Waals surface area (Å²) in [6.45, 7) is 11.9. The van der Waals surface area contributed by atoms with E-state index in [1.165, 1.54) is 41.0 Å². The van der Waals surface area contributed by atoms with Gasteiger partial charge in [0.2, 0.25) is 0 Å². The van der Waals surface area contributed by atoms with Gasteiger partial charge in [0.15, 0.2) is 34.9 Å². The molecule has 24 nitrogen and oxygen atoms in total. The van der Waals surface area contributed by atoms with Crippen molar-refractivity contribution in [1.82, 2.24) is 60.1 Å². The first-order valence-electron chi connectivity index (χ1n) is 40.1. The average Bonchev–Trinajstić information content (AvgIpc) is 1.80. The van der Waals surface area contributed by atoms with Crippen molar-refractivity contribution in [3.05, 3.63) is 380 Å². The van der Waals surface area contributed by atoms with E-state index in [9.17, 15) is 46.3 Å². The first-order chi connectivity index (χ1) is 61.2. The fourth-order valence-corrected chi connectivity index (χ4v) is 14.3. The topological polar surface area (TPSA) is 349 Å². The number of halogens is 4. The second kappa shape index (κ2) is 47.7. The van der Waals surface area contributed by atoms with Crippen LogP contribution in [0.25, 0.3) is 135 Å². The molecule has 0 saturated carbocycles. The predicted octanol–water partition coefficient (Wildman–Crippen LogP) is 23.8. The Morgan fingerprint density at radius 3 is 0.885 bits per heavy atom. The zero-order valence-corrected chi connectivity index (χ0v) is 69.9. The Balaban J connectivity index is 0.000000192. The Labute approximate surface area is 757 Å². The molecule has 0 amide bonds. The molecule has 0 bridgehead atoms. The highest BCUT2D eigenvalue weighted by Crippen LogP contribution is 2.40. The number of nitrogens with zero attached hydrogens (tertiary/aromatic N) is 6. The number of aryl methyl sites for hydroxylation is 5. The third kappa shape index (κ3) is 24.7. The molecular formula is C102H102F4N12O12S.